The van der Waals surface area contributed by atoms with Gasteiger partial charge in [0.25, 0.3) is 15.9 Å². The highest BCUT2D eigenvalue weighted by atomic mass is 32.2. The van der Waals surface area contributed by atoms with E-state index in [4.69, 9.17) is 4.74 Å². The van der Waals surface area contributed by atoms with Gasteiger partial charge in [-0.3, -0.25) is 13.9 Å². The lowest BCUT2D eigenvalue weighted by atomic mass is 10.1. The highest BCUT2D eigenvalue weighted by molar-refractivity contribution is 7.92. The average Bonchev–Trinajstić information content (AvgIpc) is 3.17. The summed E-state index contributed by atoms with van der Waals surface area (Å²) in [5.74, 6) is 0.430. The first kappa shape index (κ1) is 22.6. The van der Waals surface area contributed by atoms with Gasteiger partial charge in [0.05, 0.1) is 17.7 Å². The lowest BCUT2D eigenvalue weighted by Gasteiger charge is -2.22. The van der Waals surface area contributed by atoms with E-state index in [1.54, 1.807) is 42.2 Å². The van der Waals surface area contributed by atoms with Crippen LogP contribution in [0, 0.1) is 6.92 Å². The van der Waals surface area contributed by atoms with E-state index in [1.165, 1.54) is 30.6 Å². The zero-order valence-electron chi connectivity index (χ0n) is 17.9. The molecule has 1 aliphatic heterocycles. The Hall–Kier alpha value is -3.07. The molecule has 0 saturated carbocycles. The molecule has 31 heavy (non-hydrogen) atoms. The maximum Gasteiger partial charge on any atom is 0.264 e. The molecule has 0 bridgehead atoms. The number of sulfonamides is 1. The minimum Gasteiger partial charge on any atom is -0.497 e. The number of nitrogens with one attached hydrogen (secondary N) is 1. The molecular formula is C22H27N3O5S. The Labute approximate surface area is 182 Å². The van der Waals surface area contributed by atoms with Crippen molar-refractivity contribution < 1.29 is 22.7 Å². The Morgan fingerprint density at radius 2 is 1.90 bits per heavy atom. The number of carbonyl (C=O) groups excluding carboxylic acids is 2. The van der Waals surface area contributed by atoms with Crippen molar-refractivity contribution in [3.8, 4) is 5.75 Å². The fourth-order valence-corrected chi connectivity index (χ4v) is 4.79. The molecule has 1 N–H and O–H groups in total. The van der Waals surface area contributed by atoms with Gasteiger partial charge in [-0.25, -0.2) is 8.42 Å². The Balaban J connectivity index is 1.68. The molecule has 1 fully saturated rings. The minimum atomic E-state index is -3.76. The van der Waals surface area contributed by atoms with Crippen LogP contribution < -0.4 is 14.4 Å². The van der Waals surface area contributed by atoms with Crippen LogP contribution in [0.3, 0.4) is 0 Å². The van der Waals surface area contributed by atoms with E-state index in [2.05, 4.69) is 5.32 Å². The molecule has 3 rings (SSSR count). The lowest BCUT2D eigenvalue weighted by molar-refractivity contribution is -0.127. The number of nitrogens with zero attached hydrogens (tertiary/aromatic N) is 2. The number of hydrogen-bond acceptors (Lipinski definition) is 5. The van der Waals surface area contributed by atoms with Gasteiger partial charge in [0, 0.05) is 38.7 Å². The van der Waals surface area contributed by atoms with Crippen molar-refractivity contribution in [1.29, 1.82) is 0 Å². The van der Waals surface area contributed by atoms with E-state index in [0.29, 0.717) is 42.1 Å². The van der Waals surface area contributed by atoms with Crippen molar-refractivity contribution in [2.45, 2.75) is 24.7 Å². The predicted octanol–water partition coefficient (Wildman–Crippen LogP) is 2.18. The maximum absolute atomic E-state index is 13.0. The molecule has 0 aromatic heterocycles. The zero-order chi connectivity index (χ0) is 22.6. The molecule has 1 heterocycles. The Morgan fingerprint density at radius 3 is 2.48 bits per heavy atom. The Kier molecular flexibility index (Phi) is 6.84. The van der Waals surface area contributed by atoms with Gasteiger partial charge in [0.1, 0.15) is 5.75 Å². The minimum absolute atomic E-state index is 0.121. The molecule has 8 nitrogen and oxygen atoms in total. The summed E-state index contributed by atoms with van der Waals surface area (Å²) >= 11 is 0. The molecule has 0 radical (unpaired) electrons. The van der Waals surface area contributed by atoms with Crippen LogP contribution in [0.25, 0.3) is 0 Å². The lowest BCUT2D eigenvalue weighted by Crippen LogP contribution is -2.35. The van der Waals surface area contributed by atoms with Crippen LogP contribution in [0.2, 0.25) is 0 Å². The van der Waals surface area contributed by atoms with Crippen LogP contribution in [0.4, 0.5) is 5.69 Å². The van der Waals surface area contributed by atoms with Crippen molar-refractivity contribution >= 4 is 27.5 Å². The van der Waals surface area contributed by atoms with Gasteiger partial charge in [-0.1, -0.05) is 0 Å². The number of ether oxygens (including phenoxy) is 1. The third-order valence-electron chi connectivity index (χ3n) is 5.35. The summed E-state index contributed by atoms with van der Waals surface area (Å²) in [4.78, 5) is 26.0. The van der Waals surface area contributed by atoms with Gasteiger partial charge in [-0.2, -0.15) is 0 Å². The van der Waals surface area contributed by atoms with E-state index in [0.717, 1.165) is 13.0 Å². The maximum atomic E-state index is 13.0. The van der Waals surface area contributed by atoms with E-state index in [9.17, 15) is 18.0 Å². The topological polar surface area (TPSA) is 96.0 Å². The molecule has 0 atom stereocenters. The van der Waals surface area contributed by atoms with Gasteiger partial charge < -0.3 is 15.0 Å². The molecule has 2 aromatic rings. The predicted molar refractivity (Wildman–Crippen MR) is 118 cm³/mol. The summed E-state index contributed by atoms with van der Waals surface area (Å²) in [6.45, 7) is 3.36. The molecule has 0 aliphatic carbocycles. The number of methoxy groups -OCH3 is 1. The highest BCUT2D eigenvalue weighted by Gasteiger charge is 2.23. The molecule has 0 unspecified atom stereocenters. The first-order valence-corrected chi connectivity index (χ1v) is 11.5. The summed E-state index contributed by atoms with van der Waals surface area (Å²) in [7, 11) is -0.764. The number of amides is 2. The summed E-state index contributed by atoms with van der Waals surface area (Å²) in [6.07, 6.45) is 1.43. The van der Waals surface area contributed by atoms with Crippen LogP contribution in [0.1, 0.15) is 28.8 Å². The molecule has 2 aromatic carbocycles. The van der Waals surface area contributed by atoms with Gasteiger partial charge in [-0.05, 0) is 61.4 Å². The van der Waals surface area contributed by atoms with Crippen molar-refractivity contribution in [1.82, 2.24) is 10.2 Å². The largest absolute Gasteiger partial charge is 0.497 e. The van der Waals surface area contributed by atoms with Crippen molar-refractivity contribution in [3.63, 3.8) is 0 Å². The monoisotopic (exact) mass is 445 g/mol. The summed E-state index contributed by atoms with van der Waals surface area (Å²) in [5.41, 5.74) is 1.57. The second-order valence-electron chi connectivity index (χ2n) is 7.39. The van der Waals surface area contributed by atoms with Gasteiger partial charge in [-0.15, -0.1) is 0 Å². The third-order valence-corrected chi connectivity index (χ3v) is 7.14. The first-order chi connectivity index (χ1) is 14.7. The average molecular weight is 446 g/mol. The number of hydrogen-bond donors (Lipinski definition) is 1. The second-order valence-corrected chi connectivity index (χ2v) is 9.36. The number of likely N-dealkylation sites (tertiary alicyclic amines) is 1. The van der Waals surface area contributed by atoms with Crippen LogP contribution in [-0.2, 0) is 14.8 Å². The molecule has 1 saturated heterocycles. The molecule has 0 spiro atoms. The molecule has 166 valence electrons. The van der Waals surface area contributed by atoms with Crippen LogP contribution >= 0.6 is 0 Å². The van der Waals surface area contributed by atoms with E-state index in [-0.39, 0.29) is 16.7 Å². The van der Waals surface area contributed by atoms with Crippen LogP contribution in [0.15, 0.2) is 47.4 Å². The van der Waals surface area contributed by atoms with E-state index in [1.807, 2.05) is 0 Å². The van der Waals surface area contributed by atoms with Gasteiger partial charge in [0.15, 0.2) is 0 Å². The molecule has 2 amide bonds. The fraction of sp³-hybridized carbons (Fsp3) is 0.364. The third kappa shape index (κ3) is 4.99. The standard InChI is InChI=1S/C22H27N3O5S/c1-16-15-17(22(27)23-12-14-25-13-4-5-21(25)26)6-11-20(16)24(2)31(28,29)19-9-7-18(30-3)8-10-19/h6-11,15H,4-5,12-14H2,1-3H3,(H,23,27). The summed E-state index contributed by atoms with van der Waals surface area (Å²) in [6, 6.07) is 11.0. The van der Waals surface area contributed by atoms with E-state index >= 15 is 0 Å². The van der Waals surface area contributed by atoms with Crippen LogP contribution in [0.5, 0.6) is 5.75 Å². The Bertz CT molecular complexity index is 1070. The molecule has 1 aliphatic rings. The Morgan fingerprint density at radius 1 is 1.19 bits per heavy atom. The second kappa shape index (κ2) is 9.38. The SMILES string of the molecule is COc1ccc(S(=O)(=O)N(C)c2ccc(C(=O)NCCN3CCCC3=O)cc2C)cc1. The number of carbonyl (C=O) groups is 2. The highest BCUT2D eigenvalue weighted by Crippen LogP contribution is 2.27. The number of anilines is 1. The van der Waals surface area contributed by atoms with Crippen molar-refractivity contribution in [2.75, 3.05) is 38.1 Å². The number of benzene rings is 2. The van der Waals surface area contributed by atoms with Crippen molar-refractivity contribution in [2.24, 2.45) is 0 Å². The first-order valence-electron chi connectivity index (χ1n) is 10.0. The smallest absolute Gasteiger partial charge is 0.264 e. The van der Waals surface area contributed by atoms with E-state index < -0.39 is 10.0 Å². The summed E-state index contributed by atoms with van der Waals surface area (Å²) in [5, 5.41) is 2.81. The van der Waals surface area contributed by atoms with Gasteiger partial charge in [0.2, 0.25) is 5.91 Å². The van der Waals surface area contributed by atoms with Crippen LogP contribution in [-0.4, -0.2) is 58.9 Å². The quantitative estimate of drug-likeness (QED) is 0.672. The van der Waals surface area contributed by atoms with Gasteiger partial charge >= 0.3 is 0 Å². The molecular weight excluding hydrogens is 418 g/mol. The normalized spacial score (nSPS) is 13.9. The fourth-order valence-electron chi connectivity index (χ4n) is 3.53. The molecule has 9 heteroatoms. The number of rotatable bonds is 8. The number of aryl methyl sites for hydroxylation is 1. The zero-order valence-corrected chi connectivity index (χ0v) is 18.7. The summed E-state index contributed by atoms with van der Waals surface area (Å²) < 4.78 is 32.2. The van der Waals surface area contributed by atoms with Crippen molar-refractivity contribution in [3.05, 3.63) is 53.6 Å².